The summed E-state index contributed by atoms with van der Waals surface area (Å²) in [6.45, 7) is 0. The molecule has 0 unspecified atom stereocenters. The van der Waals surface area contributed by atoms with Crippen molar-refractivity contribution in [2.75, 3.05) is 0 Å². The highest BCUT2D eigenvalue weighted by atomic mass is 35.5. The van der Waals surface area contributed by atoms with Crippen LogP contribution in [0.3, 0.4) is 0 Å². The smallest absolute Gasteiger partial charge is 0.277 e. The van der Waals surface area contributed by atoms with Gasteiger partial charge in [-0.3, -0.25) is 4.57 Å². The van der Waals surface area contributed by atoms with Gasteiger partial charge in [0.2, 0.25) is 0 Å². The molecule has 2 aromatic carbocycles. The summed E-state index contributed by atoms with van der Waals surface area (Å²) in [5.74, 6) is 0.382. The topological polar surface area (TPSA) is 30.7 Å². The van der Waals surface area contributed by atoms with Crippen molar-refractivity contribution < 1.29 is 13.2 Å². The summed E-state index contributed by atoms with van der Waals surface area (Å²) in [7, 11) is 0. The van der Waals surface area contributed by atoms with Gasteiger partial charge < -0.3 is 0 Å². The molecule has 3 nitrogen and oxygen atoms in total. The first-order chi connectivity index (χ1) is 12.4. The number of nitrogens with zero attached hydrogens (tertiary/aromatic N) is 3. The van der Waals surface area contributed by atoms with E-state index in [0.717, 1.165) is 12.1 Å². The summed E-state index contributed by atoms with van der Waals surface area (Å²) in [5.41, 5.74) is 1.49. The molecule has 0 bridgehead atoms. The molecule has 4 rings (SSSR count). The van der Waals surface area contributed by atoms with Crippen molar-refractivity contribution in [1.82, 2.24) is 14.5 Å². The van der Waals surface area contributed by atoms with Gasteiger partial charge in [0, 0.05) is 22.5 Å². The van der Waals surface area contributed by atoms with E-state index in [1.807, 2.05) is 0 Å². The first-order valence-electron chi connectivity index (χ1n) is 7.70. The van der Waals surface area contributed by atoms with Gasteiger partial charge in [0.05, 0.1) is 5.56 Å². The van der Waals surface area contributed by atoms with E-state index in [9.17, 15) is 13.2 Å². The maximum atomic E-state index is 13.1. The zero-order chi connectivity index (χ0) is 18.3. The van der Waals surface area contributed by atoms with E-state index in [1.54, 1.807) is 53.2 Å². The van der Waals surface area contributed by atoms with Crippen LogP contribution in [0.25, 0.3) is 28.2 Å². The molecule has 0 aliphatic rings. The molecule has 2 heterocycles. The van der Waals surface area contributed by atoms with E-state index in [0.29, 0.717) is 33.3 Å². The third-order valence-electron chi connectivity index (χ3n) is 3.95. The maximum Gasteiger partial charge on any atom is 0.416 e. The van der Waals surface area contributed by atoms with Gasteiger partial charge in [0.15, 0.2) is 5.65 Å². The second-order valence-corrected chi connectivity index (χ2v) is 6.11. The zero-order valence-corrected chi connectivity index (χ0v) is 14.0. The standard InChI is InChI=1S/C19H11ClF3N3/c20-14-6-8-15(9-7-14)26-17(25-16-5-2-10-24-18(16)26)12-3-1-4-13(11-12)19(21,22)23/h1-11H. The lowest BCUT2D eigenvalue weighted by Gasteiger charge is -2.11. The maximum absolute atomic E-state index is 13.1. The van der Waals surface area contributed by atoms with Crippen LogP contribution in [0.5, 0.6) is 0 Å². The van der Waals surface area contributed by atoms with E-state index in [2.05, 4.69) is 9.97 Å². The van der Waals surface area contributed by atoms with Crippen LogP contribution in [0.1, 0.15) is 5.56 Å². The van der Waals surface area contributed by atoms with Crippen molar-refractivity contribution in [3.05, 3.63) is 77.4 Å². The quantitative estimate of drug-likeness (QED) is 0.447. The number of fused-ring (bicyclic) bond motifs is 1. The number of hydrogen-bond acceptors (Lipinski definition) is 2. The Hall–Kier alpha value is -2.86. The van der Waals surface area contributed by atoms with Gasteiger partial charge in [-0.2, -0.15) is 13.2 Å². The summed E-state index contributed by atoms with van der Waals surface area (Å²) in [4.78, 5) is 8.85. The molecule has 0 aliphatic heterocycles. The molecule has 0 fully saturated rings. The number of hydrogen-bond donors (Lipinski definition) is 0. The SMILES string of the molecule is FC(F)(F)c1cccc(-c2nc3cccnc3n2-c2ccc(Cl)cc2)c1. The summed E-state index contributed by atoms with van der Waals surface area (Å²) >= 11 is 5.95. The predicted molar refractivity (Wildman–Crippen MR) is 94.3 cm³/mol. The lowest BCUT2D eigenvalue weighted by molar-refractivity contribution is -0.137. The van der Waals surface area contributed by atoms with Crippen LogP contribution in [0.15, 0.2) is 66.9 Å². The fourth-order valence-electron chi connectivity index (χ4n) is 2.78. The Bertz CT molecular complexity index is 1090. The molecule has 0 radical (unpaired) electrons. The number of pyridine rings is 1. The number of rotatable bonds is 2. The summed E-state index contributed by atoms with van der Waals surface area (Å²) < 4.78 is 41.0. The molecule has 0 saturated heterocycles. The van der Waals surface area contributed by atoms with Crippen molar-refractivity contribution in [3.63, 3.8) is 0 Å². The fraction of sp³-hybridized carbons (Fsp3) is 0.0526. The first kappa shape index (κ1) is 16.6. The minimum atomic E-state index is -4.43. The van der Waals surface area contributed by atoms with Crippen LogP contribution in [0.4, 0.5) is 13.2 Å². The van der Waals surface area contributed by atoms with E-state index < -0.39 is 11.7 Å². The molecule has 2 aromatic heterocycles. The summed E-state index contributed by atoms with van der Waals surface area (Å²) in [5, 5.41) is 0.562. The minimum absolute atomic E-state index is 0.354. The molecular formula is C19H11ClF3N3. The molecule has 7 heteroatoms. The Balaban J connectivity index is 1.99. The van der Waals surface area contributed by atoms with Crippen molar-refractivity contribution in [3.8, 4) is 17.1 Å². The van der Waals surface area contributed by atoms with Gasteiger partial charge in [-0.25, -0.2) is 9.97 Å². The monoisotopic (exact) mass is 373 g/mol. The molecule has 0 aliphatic carbocycles. The molecule has 130 valence electrons. The average molecular weight is 374 g/mol. The molecule has 0 atom stereocenters. The Morgan fingerprint density at radius 2 is 1.69 bits per heavy atom. The molecule has 0 amide bonds. The average Bonchev–Trinajstić information content (AvgIpc) is 3.01. The van der Waals surface area contributed by atoms with E-state index in [-0.39, 0.29) is 0 Å². The lowest BCUT2D eigenvalue weighted by atomic mass is 10.1. The van der Waals surface area contributed by atoms with Gasteiger partial charge in [0.25, 0.3) is 0 Å². The molecule has 0 spiro atoms. The Labute approximate surface area is 151 Å². The van der Waals surface area contributed by atoms with Crippen LogP contribution in [0, 0.1) is 0 Å². The third-order valence-corrected chi connectivity index (χ3v) is 4.20. The lowest BCUT2D eigenvalue weighted by Crippen LogP contribution is -2.05. The van der Waals surface area contributed by atoms with Gasteiger partial charge in [-0.05, 0) is 48.5 Å². The highest BCUT2D eigenvalue weighted by Gasteiger charge is 2.31. The van der Waals surface area contributed by atoms with Gasteiger partial charge in [-0.15, -0.1) is 0 Å². The van der Waals surface area contributed by atoms with E-state index >= 15 is 0 Å². The summed E-state index contributed by atoms with van der Waals surface area (Å²) in [6, 6.07) is 15.6. The predicted octanol–water partition coefficient (Wildman–Crippen LogP) is 5.76. The van der Waals surface area contributed by atoms with Crippen molar-refractivity contribution >= 4 is 22.8 Å². The van der Waals surface area contributed by atoms with E-state index in [4.69, 9.17) is 11.6 Å². The van der Waals surface area contributed by atoms with E-state index in [1.165, 1.54) is 6.07 Å². The second-order valence-electron chi connectivity index (χ2n) is 5.67. The molecule has 4 aromatic rings. The normalized spacial score (nSPS) is 11.8. The number of imidazole rings is 1. The highest BCUT2D eigenvalue weighted by Crippen LogP contribution is 2.33. The Morgan fingerprint density at radius 1 is 0.923 bits per heavy atom. The largest absolute Gasteiger partial charge is 0.416 e. The molecule has 0 N–H and O–H groups in total. The van der Waals surface area contributed by atoms with Gasteiger partial charge in [0.1, 0.15) is 11.3 Å². The van der Waals surface area contributed by atoms with Crippen LogP contribution in [0.2, 0.25) is 5.02 Å². The molecule has 26 heavy (non-hydrogen) atoms. The van der Waals surface area contributed by atoms with Crippen molar-refractivity contribution in [2.24, 2.45) is 0 Å². The number of alkyl halides is 3. The Morgan fingerprint density at radius 3 is 2.42 bits per heavy atom. The third kappa shape index (κ3) is 2.93. The van der Waals surface area contributed by atoms with Crippen LogP contribution in [-0.2, 0) is 6.18 Å². The van der Waals surface area contributed by atoms with Gasteiger partial charge >= 0.3 is 6.18 Å². The number of halogens is 4. The Kier molecular flexibility index (Phi) is 3.92. The first-order valence-corrected chi connectivity index (χ1v) is 8.08. The second kappa shape index (κ2) is 6.14. The molecular weight excluding hydrogens is 363 g/mol. The van der Waals surface area contributed by atoms with Gasteiger partial charge in [-0.1, -0.05) is 23.7 Å². The summed E-state index contributed by atoms with van der Waals surface area (Å²) in [6.07, 6.45) is -2.81. The number of aromatic nitrogens is 3. The zero-order valence-electron chi connectivity index (χ0n) is 13.2. The van der Waals surface area contributed by atoms with Crippen molar-refractivity contribution in [1.29, 1.82) is 0 Å². The highest BCUT2D eigenvalue weighted by molar-refractivity contribution is 6.30. The fourth-order valence-corrected chi connectivity index (χ4v) is 2.90. The molecule has 0 saturated carbocycles. The number of benzene rings is 2. The van der Waals surface area contributed by atoms with Crippen LogP contribution < -0.4 is 0 Å². The van der Waals surface area contributed by atoms with Crippen LogP contribution in [-0.4, -0.2) is 14.5 Å². The minimum Gasteiger partial charge on any atom is -0.277 e. The van der Waals surface area contributed by atoms with Crippen LogP contribution >= 0.6 is 11.6 Å². The van der Waals surface area contributed by atoms with Crippen molar-refractivity contribution in [2.45, 2.75) is 6.18 Å².